The van der Waals surface area contributed by atoms with Gasteiger partial charge in [0.15, 0.2) is 0 Å². The number of rotatable bonds is 3. The van der Waals surface area contributed by atoms with E-state index in [0.717, 1.165) is 25.0 Å². The van der Waals surface area contributed by atoms with Crippen LogP contribution in [0.2, 0.25) is 0 Å². The zero-order valence-electron chi connectivity index (χ0n) is 14.3. The Morgan fingerprint density at radius 1 is 1.23 bits per heavy atom. The van der Waals surface area contributed by atoms with Crippen LogP contribution in [0.25, 0.3) is 0 Å². The van der Waals surface area contributed by atoms with Gasteiger partial charge in [-0.15, -0.1) is 0 Å². The first kappa shape index (κ1) is 18.2. The van der Waals surface area contributed by atoms with E-state index in [-0.39, 0.29) is 11.6 Å². The Morgan fingerprint density at radius 3 is 2.62 bits per heavy atom. The molecule has 1 amide bonds. The minimum atomic E-state index is -4.38. The maximum Gasteiger partial charge on any atom is 0.416 e. The lowest BCUT2D eigenvalue weighted by atomic mass is 10.00. The Balaban J connectivity index is 1.72. The van der Waals surface area contributed by atoms with Crippen LogP contribution in [0.5, 0.6) is 0 Å². The zero-order valence-corrected chi connectivity index (χ0v) is 14.3. The SMILES string of the molecule is CC1CCCN(C(=O)c2cc(Nc3ccc(C(F)(F)F)cc3)ncn2)C1. The summed E-state index contributed by atoms with van der Waals surface area (Å²) in [6.45, 7) is 3.51. The van der Waals surface area contributed by atoms with Crippen LogP contribution in [0.1, 0.15) is 35.8 Å². The van der Waals surface area contributed by atoms with Gasteiger partial charge >= 0.3 is 6.18 Å². The van der Waals surface area contributed by atoms with Crippen LogP contribution in [-0.2, 0) is 6.18 Å². The Labute approximate surface area is 149 Å². The third kappa shape index (κ3) is 4.30. The second-order valence-electron chi connectivity index (χ2n) is 6.49. The van der Waals surface area contributed by atoms with Crippen LogP contribution in [0, 0.1) is 5.92 Å². The first-order valence-electron chi connectivity index (χ1n) is 8.38. The number of carbonyl (C=O) groups is 1. The molecule has 1 unspecified atom stereocenters. The smallest absolute Gasteiger partial charge is 0.340 e. The number of piperidine rings is 1. The van der Waals surface area contributed by atoms with Gasteiger partial charge in [0.1, 0.15) is 17.8 Å². The summed E-state index contributed by atoms with van der Waals surface area (Å²) >= 11 is 0. The van der Waals surface area contributed by atoms with Crippen molar-refractivity contribution in [2.24, 2.45) is 5.92 Å². The molecule has 8 heteroatoms. The number of benzene rings is 1. The molecule has 138 valence electrons. The molecule has 2 heterocycles. The van der Waals surface area contributed by atoms with Crippen molar-refractivity contribution in [2.45, 2.75) is 25.9 Å². The van der Waals surface area contributed by atoms with Gasteiger partial charge in [0.2, 0.25) is 0 Å². The summed E-state index contributed by atoms with van der Waals surface area (Å²) in [7, 11) is 0. The Kier molecular flexibility index (Phi) is 5.11. The molecule has 26 heavy (non-hydrogen) atoms. The van der Waals surface area contributed by atoms with E-state index >= 15 is 0 Å². The van der Waals surface area contributed by atoms with Crippen LogP contribution < -0.4 is 5.32 Å². The van der Waals surface area contributed by atoms with Crippen LogP contribution in [0.15, 0.2) is 36.7 Å². The normalized spacial score (nSPS) is 17.8. The fourth-order valence-electron chi connectivity index (χ4n) is 2.97. The van der Waals surface area contributed by atoms with Crippen molar-refractivity contribution in [3.8, 4) is 0 Å². The van der Waals surface area contributed by atoms with Crippen LogP contribution in [0.4, 0.5) is 24.7 Å². The van der Waals surface area contributed by atoms with Crippen LogP contribution >= 0.6 is 0 Å². The summed E-state index contributed by atoms with van der Waals surface area (Å²) in [4.78, 5) is 22.4. The van der Waals surface area contributed by atoms with E-state index in [0.29, 0.717) is 30.5 Å². The number of hydrogen-bond acceptors (Lipinski definition) is 4. The number of likely N-dealkylation sites (tertiary alicyclic amines) is 1. The molecule has 2 aromatic rings. The summed E-state index contributed by atoms with van der Waals surface area (Å²) < 4.78 is 37.8. The Bertz CT molecular complexity index is 777. The van der Waals surface area contributed by atoms with Crippen LogP contribution in [0.3, 0.4) is 0 Å². The predicted octanol–water partition coefficient (Wildman–Crippen LogP) is 4.11. The molecular formula is C18H19F3N4O. The molecule has 0 saturated carbocycles. The molecule has 3 rings (SSSR count). The molecule has 1 atom stereocenters. The van der Waals surface area contributed by atoms with Gasteiger partial charge in [0.25, 0.3) is 5.91 Å². The van der Waals surface area contributed by atoms with Crippen molar-refractivity contribution in [2.75, 3.05) is 18.4 Å². The topological polar surface area (TPSA) is 58.1 Å². The van der Waals surface area contributed by atoms with E-state index < -0.39 is 11.7 Å². The average Bonchev–Trinajstić information content (AvgIpc) is 2.61. The second kappa shape index (κ2) is 7.31. The fraction of sp³-hybridized carbons (Fsp3) is 0.389. The summed E-state index contributed by atoms with van der Waals surface area (Å²) in [6, 6.07) is 6.13. The highest BCUT2D eigenvalue weighted by atomic mass is 19.4. The maximum atomic E-state index is 12.6. The van der Waals surface area contributed by atoms with E-state index in [1.165, 1.54) is 24.5 Å². The first-order valence-corrected chi connectivity index (χ1v) is 8.38. The van der Waals surface area contributed by atoms with Crippen molar-refractivity contribution in [3.05, 3.63) is 47.9 Å². The van der Waals surface area contributed by atoms with Gasteiger partial charge in [0.05, 0.1) is 5.56 Å². The van der Waals surface area contributed by atoms with Crippen molar-refractivity contribution >= 4 is 17.4 Å². The van der Waals surface area contributed by atoms with Crippen molar-refractivity contribution < 1.29 is 18.0 Å². The van der Waals surface area contributed by atoms with Gasteiger partial charge in [-0.1, -0.05) is 6.92 Å². The van der Waals surface area contributed by atoms with Crippen molar-refractivity contribution in [1.82, 2.24) is 14.9 Å². The molecule has 1 saturated heterocycles. The molecule has 0 spiro atoms. The number of aromatic nitrogens is 2. The predicted molar refractivity (Wildman–Crippen MR) is 91.1 cm³/mol. The number of amides is 1. The second-order valence-corrected chi connectivity index (χ2v) is 6.49. The molecule has 1 fully saturated rings. The largest absolute Gasteiger partial charge is 0.416 e. The molecule has 1 aromatic carbocycles. The number of nitrogens with zero attached hydrogens (tertiary/aromatic N) is 3. The minimum absolute atomic E-state index is 0.158. The highest BCUT2D eigenvalue weighted by molar-refractivity contribution is 5.93. The fourth-order valence-corrected chi connectivity index (χ4v) is 2.97. The lowest BCUT2D eigenvalue weighted by Gasteiger charge is -2.30. The van der Waals surface area contributed by atoms with E-state index in [1.54, 1.807) is 4.90 Å². The Hall–Kier alpha value is -2.64. The summed E-state index contributed by atoms with van der Waals surface area (Å²) in [5, 5.41) is 2.90. The van der Waals surface area contributed by atoms with Gasteiger partial charge in [-0.3, -0.25) is 4.79 Å². The van der Waals surface area contributed by atoms with Gasteiger partial charge < -0.3 is 10.2 Å². The third-order valence-corrected chi connectivity index (χ3v) is 4.32. The number of anilines is 2. The van der Waals surface area contributed by atoms with Gasteiger partial charge in [0, 0.05) is 24.8 Å². The summed E-state index contributed by atoms with van der Waals surface area (Å²) in [5.74, 6) is 0.655. The zero-order chi connectivity index (χ0) is 18.7. The molecule has 1 N–H and O–H groups in total. The molecule has 5 nitrogen and oxygen atoms in total. The van der Waals surface area contributed by atoms with Crippen LogP contribution in [-0.4, -0.2) is 33.9 Å². The molecule has 0 aliphatic carbocycles. The molecule has 0 radical (unpaired) electrons. The van der Waals surface area contributed by atoms with E-state index in [4.69, 9.17) is 0 Å². The highest BCUT2D eigenvalue weighted by Gasteiger charge is 2.30. The maximum absolute atomic E-state index is 12.6. The Morgan fingerprint density at radius 2 is 1.96 bits per heavy atom. The summed E-state index contributed by atoms with van der Waals surface area (Å²) in [6.07, 6.45) is -1.03. The number of hydrogen-bond donors (Lipinski definition) is 1. The number of halogens is 3. The lowest BCUT2D eigenvalue weighted by Crippen LogP contribution is -2.39. The highest BCUT2D eigenvalue weighted by Crippen LogP contribution is 2.30. The molecule has 1 aliphatic rings. The quantitative estimate of drug-likeness (QED) is 0.890. The van der Waals surface area contributed by atoms with Gasteiger partial charge in [-0.2, -0.15) is 13.2 Å². The number of carbonyl (C=O) groups excluding carboxylic acids is 1. The third-order valence-electron chi connectivity index (χ3n) is 4.32. The standard InChI is InChI=1S/C18H19F3N4O/c1-12-3-2-8-25(10-12)17(26)15-9-16(23-11-22-15)24-14-6-4-13(5-7-14)18(19,20)21/h4-7,9,11-12H,2-3,8,10H2,1H3,(H,22,23,24). The monoisotopic (exact) mass is 364 g/mol. The number of nitrogens with one attached hydrogen (secondary N) is 1. The van der Waals surface area contributed by atoms with Crippen molar-refractivity contribution in [1.29, 1.82) is 0 Å². The molecular weight excluding hydrogens is 345 g/mol. The molecule has 0 bridgehead atoms. The molecule has 1 aromatic heterocycles. The lowest BCUT2D eigenvalue weighted by molar-refractivity contribution is -0.137. The van der Waals surface area contributed by atoms with E-state index in [9.17, 15) is 18.0 Å². The minimum Gasteiger partial charge on any atom is -0.340 e. The molecule has 1 aliphatic heterocycles. The van der Waals surface area contributed by atoms with Gasteiger partial charge in [-0.05, 0) is 43.0 Å². The van der Waals surface area contributed by atoms with Crippen molar-refractivity contribution in [3.63, 3.8) is 0 Å². The van der Waals surface area contributed by atoms with E-state index in [2.05, 4.69) is 22.2 Å². The van der Waals surface area contributed by atoms with Gasteiger partial charge in [-0.25, -0.2) is 9.97 Å². The van der Waals surface area contributed by atoms with E-state index in [1.807, 2.05) is 0 Å². The number of alkyl halides is 3. The average molecular weight is 364 g/mol. The first-order chi connectivity index (χ1) is 12.3. The summed E-state index contributed by atoms with van der Waals surface area (Å²) in [5.41, 5.74) is -0.00831.